The lowest BCUT2D eigenvalue weighted by atomic mass is 10.0. The summed E-state index contributed by atoms with van der Waals surface area (Å²) in [6.45, 7) is 5.20. The average Bonchev–Trinajstić information content (AvgIpc) is 2.36. The van der Waals surface area contributed by atoms with Crippen LogP contribution in [0.3, 0.4) is 0 Å². The Kier molecular flexibility index (Phi) is 3.79. The Bertz CT molecular complexity index is 597. The van der Waals surface area contributed by atoms with Crippen molar-refractivity contribution in [2.45, 2.75) is 26.8 Å². The Morgan fingerprint density at radius 1 is 1.16 bits per heavy atom. The second kappa shape index (κ2) is 5.34. The predicted molar refractivity (Wildman–Crippen MR) is 72.1 cm³/mol. The van der Waals surface area contributed by atoms with Gasteiger partial charge in [0.05, 0.1) is 17.4 Å². The molecule has 2 aromatic rings. The molecule has 1 heterocycles. The first kappa shape index (κ1) is 13.5. The molecule has 0 saturated heterocycles. The minimum atomic E-state index is -0.402. The fourth-order valence-corrected chi connectivity index (χ4v) is 1.94. The normalized spacial score (nSPS) is 12.3. The highest BCUT2D eigenvalue weighted by molar-refractivity contribution is 5.48. The first-order valence-corrected chi connectivity index (χ1v) is 6.12. The van der Waals surface area contributed by atoms with Gasteiger partial charge in [0.1, 0.15) is 11.6 Å². The zero-order chi connectivity index (χ0) is 14.0. The lowest BCUT2D eigenvalue weighted by molar-refractivity contribution is 0.571. The number of benzene rings is 1. The summed E-state index contributed by atoms with van der Waals surface area (Å²) in [5.74, 6) is -0.798. The van der Waals surface area contributed by atoms with Crippen LogP contribution in [0.4, 0.5) is 14.5 Å². The molecular formula is C15H16F2N2. The van der Waals surface area contributed by atoms with Crippen LogP contribution in [0.25, 0.3) is 0 Å². The first-order chi connectivity index (χ1) is 8.99. The number of nitrogens with zero attached hydrogens (tertiary/aromatic N) is 1. The zero-order valence-corrected chi connectivity index (χ0v) is 11.2. The summed E-state index contributed by atoms with van der Waals surface area (Å²) in [6.07, 6.45) is 1.69. The molecule has 0 amide bonds. The zero-order valence-electron chi connectivity index (χ0n) is 11.2. The third-order valence-electron chi connectivity index (χ3n) is 3.12. The van der Waals surface area contributed by atoms with Crippen molar-refractivity contribution >= 4 is 5.69 Å². The summed E-state index contributed by atoms with van der Waals surface area (Å²) in [5, 5.41) is 3.14. The van der Waals surface area contributed by atoms with Crippen LogP contribution in [0.1, 0.15) is 29.8 Å². The van der Waals surface area contributed by atoms with Gasteiger partial charge in [-0.15, -0.1) is 0 Å². The SMILES string of the molecule is Cc1cc(F)c(C(C)Nc2cccnc2C)cc1F. The van der Waals surface area contributed by atoms with Gasteiger partial charge in [0.25, 0.3) is 0 Å². The number of aryl methyl sites for hydroxylation is 2. The van der Waals surface area contributed by atoms with E-state index in [1.165, 1.54) is 12.1 Å². The summed E-state index contributed by atoms with van der Waals surface area (Å²) in [6, 6.07) is 5.79. The molecule has 0 spiro atoms. The smallest absolute Gasteiger partial charge is 0.128 e. The molecule has 1 atom stereocenters. The standard InChI is InChI=1S/C15H16F2N2/c1-9-7-14(17)12(8-13(9)16)10(2)19-15-5-4-6-18-11(15)3/h4-8,10,19H,1-3H3. The van der Waals surface area contributed by atoms with Gasteiger partial charge in [0.2, 0.25) is 0 Å². The highest BCUT2D eigenvalue weighted by Gasteiger charge is 2.14. The molecule has 2 rings (SSSR count). The first-order valence-electron chi connectivity index (χ1n) is 6.12. The number of rotatable bonds is 3. The second-order valence-electron chi connectivity index (χ2n) is 4.63. The largest absolute Gasteiger partial charge is 0.377 e. The third kappa shape index (κ3) is 2.89. The summed E-state index contributed by atoms with van der Waals surface area (Å²) in [4.78, 5) is 4.15. The summed E-state index contributed by atoms with van der Waals surface area (Å²) >= 11 is 0. The molecule has 0 saturated carbocycles. The Balaban J connectivity index is 2.28. The molecule has 0 aliphatic rings. The lowest BCUT2D eigenvalue weighted by Gasteiger charge is -2.18. The molecule has 1 aromatic carbocycles. The van der Waals surface area contributed by atoms with E-state index in [1.807, 2.05) is 13.0 Å². The van der Waals surface area contributed by atoms with Crippen molar-refractivity contribution in [2.75, 3.05) is 5.32 Å². The Morgan fingerprint density at radius 2 is 1.89 bits per heavy atom. The number of pyridine rings is 1. The molecule has 2 nitrogen and oxygen atoms in total. The van der Waals surface area contributed by atoms with Crippen molar-refractivity contribution in [3.05, 3.63) is 58.9 Å². The quantitative estimate of drug-likeness (QED) is 0.898. The van der Waals surface area contributed by atoms with E-state index >= 15 is 0 Å². The maximum atomic E-state index is 13.9. The van der Waals surface area contributed by atoms with Gasteiger partial charge in [0, 0.05) is 11.8 Å². The minimum absolute atomic E-state index is 0.311. The van der Waals surface area contributed by atoms with Gasteiger partial charge in [-0.1, -0.05) is 0 Å². The van der Waals surface area contributed by atoms with Gasteiger partial charge in [-0.25, -0.2) is 8.78 Å². The van der Waals surface area contributed by atoms with E-state index in [2.05, 4.69) is 10.3 Å². The van der Waals surface area contributed by atoms with Crippen molar-refractivity contribution < 1.29 is 8.78 Å². The van der Waals surface area contributed by atoms with E-state index in [-0.39, 0.29) is 6.04 Å². The minimum Gasteiger partial charge on any atom is -0.377 e. The van der Waals surface area contributed by atoms with Crippen molar-refractivity contribution in [3.8, 4) is 0 Å². The van der Waals surface area contributed by atoms with Gasteiger partial charge in [0.15, 0.2) is 0 Å². The van der Waals surface area contributed by atoms with Crippen LogP contribution < -0.4 is 5.32 Å². The number of nitrogens with one attached hydrogen (secondary N) is 1. The fraction of sp³-hybridized carbons (Fsp3) is 0.267. The molecule has 1 aromatic heterocycles. The molecule has 0 fully saturated rings. The van der Waals surface area contributed by atoms with Crippen LogP contribution in [0.5, 0.6) is 0 Å². The van der Waals surface area contributed by atoms with E-state index in [0.29, 0.717) is 11.1 Å². The van der Waals surface area contributed by atoms with E-state index in [4.69, 9.17) is 0 Å². The van der Waals surface area contributed by atoms with Gasteiger partial charge >= 0.3 is 0 Å². The predicted octanol–water partition coefficient (Wildman–Crippen LogP) is 4.15. The molecule has 0 bridgehead atoms. The van der Waals surface area contributed by atoms with Crippen LogP contribution in [-0.2, 0) is 0 Å². The molecule has 1 N–H and O–H groups in total. The van der Waals surface area contributed by atoms with Crippen LogP contribution in [-0.4, -0.2) is 4.98 Å². The molecular weight excluding hydrogens is 246 g/mol. The van der Waals surface area contributed by atoms with Crippen molar-refractivity contribution in [1.82, 2.24) is 4.98 Å². The molecule has 1 unspecified atom stereocenters. The monoisotopic (exact) mass is 262 g/mol. The lowest BCUT2D eigenvalue weighted by Crippen LogP contribution is -2.10. The highest BCUT2D eigenvalue weighted by Crippen LogP contribution is 2.24. The number of halogens is 2. The van der Waals surface area contributed by atoms with E-state index < -0.39 is 11.6 Å². The molecule has 0 aliphatic heterocycles. The Hall–Kier alpha value is -1.97. The summed E-state index contributed by atoms with van der Waals surface area (Å²) in [5.41, 5.74) is 2.26. The average molecular weight is 262 g/mol. The highest BCUT2D eigenvalue weighted by atomic mass is 19.1. The van der Waals surface area contributed by atoms with E-state index in [9.17, 15) is 8.78 Å². The number of anilines is 1. The van der Waals surface area contributed by atoms with Crippen molar-refractivity contribution in [2.24, 2.45) is 0 Å². The molecule has 19 heavy (non-hydrogen) atoms. The van der Waals surface area contributed by atoms with Crippen molar-refractivity contribution in [3.63, 3.8) is 0 Å². The third-order valence-corrected chi connectivity index (χ3v) is 3.12. The fourth-order valence-electron chi connectivity index (χ4n) is 1.94. The molecule has 0 radical (unpaired) electrons. The van der Waals surface area contributed by atoms with Crippen molar-refractivity contribution in [1.29, 1.82) is 0 Å². The number of hydrogen-bond donors (Lipinski definition) is 1. The Labute approximate surface area is 111 Å². The van der Waals surface area contributed by atoms with Crippen LogP contribution in [0.2, 0.25) is 0 Å². The summed E-state index contributed by atoms with van der Waals surface area (Å²) < 4.78 is 27.4. The van der Waals surface area contributed by atoms with Crippen LogP contribution in [0.15, 0.2) is 30.5 Å². The Morgan fingerprint density at radius 3 is 2.58 bits per heavy atom. The topological polar surface area (TPSA) is 24.9 Å². The van der Waals surface area contributed by atoms with Crippen LogP contribution >= 0.6 is 0 Å². The van der Waals surface area contributed by atoms with E-state index in [1.54, 1.807) is 26.1 Å². The second-order valence-corrected chi connectivity index (χ2v) is 4.63. The van der Waals surface area contributed by atoms with Gasteiger partial charge < -0.3 is 5.32 Å². The van der Waals surface area contributed by atoms with E-state index in [0.717, 1.165) is 11.4 Å². The molecule has 4 heteroatoms. The summed E-state index contributed by atoms with van der Waals surface area (Å²) in [7, 11) is 0. The van der Waals surface area contributed by atoms with Gasteiger partial charge in [-0.05, 0) is 50.6 Å². The maximum absolute atomic E-state index is 13.9. The van der Waals surface area contributed by atoms with Gasteiger partial charge in [-0.2, -0.15) is 0 Å². The number of hydrogen-bond acceptors (Lipinski definition) is 2. The number of aromatic nitrogens is 1. The molecule has 100 valence electrons. The molecule has 0 aliphatic carbocycles. The van der Waals surface area contributed by atoms with Crippen LogP contribution in [0, 0.1) is 25.5 Å². The van der Waals surface area contributed by atoms with Gasteiger partial charge in [-0.3, -0.25) is 4.98 Å². The maximum Gasteiger partial charge on any atom is 0.128 e.